The van der Waals surface area contributed by atoms with Crippen molar-refractivity contribution in [2.24, 2.45) is 0 Å². The minimum Gasteiger partial charge on any atom is -0.383 e. The molecule has 1 aliphatic rings. The number of nitrogens with zero attached hydrogens (tertiary/aromatic N) is 1. The van der Waals surface area contributed by atoms with Crippen molar-refractivity contribution in [3.63, 3.8) is 0 Å². The van der Waals surface area contributed by atoms with Crippen LogP contribution in [0, 0.1) is 13.8 Å². The van der Waals surface area contributed by atoms with Crippen LogP contribution in [0.2, 0.25) is 0 Å². The summed E-state index contributed by atoms with van der Waals surface area (Å²) in [5, 5.41) is 3.61. The largest absolute Gasteiger partial charge is 0.383 e. The van der Waals surface area contributed by atoms with Crippen molar-refractivity contribution in [2.75, 3.05) is 33.4 Å². The Morgan fingerprint density at radius 1 is 1.38 bits per heavy atom. The zero-order chi connectivity index (χ0) is 15.2. The van der Waals surface area contributed by atoms with E-state index < -0.39 is 0 Å². The van der Waals surface area contributed by atoms with Crippen LogP contribution in [0.15, 0.2) is 18.2 Å². The van der Waals surface area contributed by atoms with Gasteiger partial charge in [-0.05, 0) is 51.3 Å². The van der Waals surface area contributed by atoms with Crippen LogP contribution in [0.4, 0.5) is 0 Å². The molecule has 1 N–H and O–H groups in total. The molecule has 21 heavy (non-hydrogen) atoms. The summed E-state index contributed by atoms with van der Waals surface area (Å²) in [4.78, 5) is 2.56. The molecule has 1 aromatic rings. The lowest BCUT2D eigenvalue weighted by Crippen LogP contribution is -2.40. The zero-order valence-corrected chi connectivity index (χ0v) is 14.0. The maximum atomic E-state index is 5.31. The molecule has 2 unspecified atom stereocenters. The van der Waals surface area contributed by atoms with Gasteiger partial charge in [0.15, 0.2) is 0 Å². The van der Waals surface area contributed by atoms with E-state index in [0.717, 1.165) is 19.7 Å². The first-order valence-electron chi connectivity index (χ1n) is 8.15. The zero-order valence-electron chi connectivity index (χ0n) is 14.0. The standard InChI is InChI=1S/C18H30N2O/c1-14-7-8-15(2)18(12-14)16(3)20(10-11-21-4)13-17-6-5-9-19-17/h7-8,12,16-17,19H,5-6,9-11,13H2,1-4H3. The van der Waals surface area contributed by atoms with Crippen molar-refractivity contribution in [3.8, 4) is 0 Å². The summed E-state index contributed by atoms with van der Waals surface area (Å²) in [6, 6.07) is 7.84. The van der Waals surface area contributed by atoms with Crippen LogP contribution in [-0.4, -0.2) is 44.3 Å². The van der Waals surface area contributed by atoms with E-state index in [1.807, 2.05) is 0 Å². The van der Waals surface area contributed by atoms with Gasteiger partial charge in [0.25, 0.3) is 0 Å². The van der Waals surface area contributed by atoms with E-state index in [-0.39, 0.29) is 0 Å². The number of ether oxygens (including phenoxy) is 1. The third kappa shape index (κ3) is 4.53. The summed E-state index contributed by atoms with van der Waals surface area (Å²) in [5.41, 5.74) is 4.17. The smallest absolute Gasteiger partial charge is 0.0589 e. The maximum absolute atomic E-state index is 5.31. The Labute approximate surface area is 129 Å². The maximum Gasteiger partial charge on any atom is 0.0589 e. The number of rotatable bonds is 7. The van der Waals surface area contributed by atoms with Gasteiger partial charge >= 0.3 is 0 Å². The Kier molecular flexibility index (Phi) is 6.22. The van der Waals surface area contributed by atoms with Crippen LogP contribution in [0.3, 0.4) is 0 Å². The van der Waals surface area contributed by atoms with Gasteiger partial charge in [-0.25, -0.2) is 0 Å². The van der Waals surface area contributed by atoms with E-state index in [4.69, 9.17) is 4.74 Å². The summed E-state index contributed by atoms with van der Waals surface area (Å²) in [6.45, 7) is 10.8. The molecule has 0 spiro atoms. The lowest BCUT2D eigenvalue weighted by molar-refractivity contribution is 0.117. The summed E-state index contributed by atoms with van der Waals surface area (Å²) >= 11 is 0. The molecule has 1 aromatic carbocycles. The van der Waals surface area contributed by atoms with Crippen LogP contribution >= 0.6 is 0 Å². The van der Waals surface area contributed by atoms with Crippen molar-refractivity contribution >= 4 is 0 Å². The van der Waals surface area contributed by atoms with E-state index in [2.05, 4.69) is 49.2 Å². The third-order valence-corrected chi connectivity index (χ3v) is 4.63. The molecule has 0 aliphatic carbocycles. The molecule has 2 rings (SSSR count). The van der Waals surface area contributed by atoms with Gasteiger partial charge in [0.05, 0.1) is 6.61 Å². The first-order chi connectivity index (χ1) is 10.1. The molecule has 0 aromatic heterocycles. The Balaban J connectivity index is 2.11. The molecule has 1 aliphatic heterocycles. The van der Waals surface area contributed by atoms with Gasteiger partial charge in [-0.3, -0.25) is 4.90 Å². The number of nitrogens with one attached hydrogen (secondary N) is 1. The number of benzene rings is 1. The van der Waals surface area contributed by atoms with Crippen molar-refractivity contribution in [3.05, 3.63) is 34.9 Å². The lowest BCUT2D eigenvalue weighted by Gasteiger charge is -2.32. The second kappa shape index (κ2) is 7.92. The Morgan fingerprint density at radius 3 is 2.86 bits per heavy atom. The van der Waals surface area contributed by atoms with Gasteiger partial charge in [0.1, 0.15) is 0 Å². The van der Waals surface area contributed by atoms with E-state index in [1.54, 1.807) is 7.11 Å². The quantitative estimate of drug-likeness (QED) is 0.835. The predicted molar refractivity (Wildman–Crippen MR) is 88.8 cm³/mol. The van der Waals surface area contributed by atoms with E-state index in [1.165, 1.54) is 36.1 Å². The highest BCUT2D eigenvalue weighted by molar-refractivity contribution is 5.32. The molecule has 1 heterocycles. The molecule has 1 fully saturated rings. The van der Waals surface area contributed by atoms with Gasteiger partial charge in [0, 0.05) is 32.3 Å². The van der Waals surface area contributed by atoms with Crippen molar-refractivity contribution in [2.45, 2.75) is 45.7 Å². The third-order valence-electron chi connectivity index (χ3n) is 4.63. The highest BCUT2D eigenvalue weighted by Crippen LogP contribution is 2.25. The van der Waals surface area contributed by atoms with Crippen LogP contribution in [0.5, 0.6) is 0 Å². The van der Waals surface area contributed by atoms with Crippen molar-refractivity contribution in [1.29, 1.82) is 0 Å². The lowest BCUT2D eigenvalue weighted by atomic mass is 9.98. The van der Waals surface area contributed by atoms with Crippen molar-refractivity contribution < 1.29 is 4.74 Å². The Bertz CT molecular complexity index is 441. The van der Waals surface area contributed by atoms with Gasteiger partial charge in [-0.15, -0.1) is 0 Å². The number of hydrogen-bond donors (Lipinski definition) is 1. The summed E-state index contributed by atoms with van der Waals surface area (Å²) in [7, 11) is 1.79. The first kappa shape index (κ1) is 16.5. The number of methoxy groups -OCH3 is 1. The normalized spacial score (nSPS) is 20.1. The molecule has 0 bridgehead atoms. The molecule has 1 saturated heterocycles. The van der Waals surface area contributed by atoms with E-state index in [9.17, 15) is 0 Å². The first-order valence-corrected chi connectivity index (χ1v) is 8.15. The molecule has 0 radical (unpaired) electrons. The van der Waals surface area contributed by atoms with E-state index in [0.29, 0.717) is 12.1 Å². The van der Waals surface area contributed by atoms with Gasteiger partial charge < -0.3 is 10.1 Å². The van der Waals surface area contributed by atoms with Crippen LogP contribution in [0.25, 0.3) is 0 Å². The molecule has 3 nitrogen and oxygen atoms in total. The fraction of sp³-hybridized carbons (Fsp3) is 0.667. The van der Waals surface area contributed by atoms with Gasteiger partial charge in [-0.1, -0.05) is 23.8 Å². The highest BCUT2D eigenvalue weighted by atomic mass is 16.5. The minimum absolute atomic E-state index is 0.433. The summed E-state index contributed by atoms with van der Waals surface area (Å²) < 4.78 is 5.31. The monoisotopic (exact) mass is 290 g/mol. The summed E-state index contributed by atoms with van der Waals surface area (Å²) in [6.07, 6.45) is 2.60. The average Bonchev–Trinajstić information content (AvgIpc) is 2.98. The van der Waals surface area contributed by atoms with Crippen LogP contribution < -0.4 is 5.32 Å². The fourth-order valence-electron chi connectivity index (χ4n) is 3.25. The number of hydrogen-bond acceptors (Lipinski definition) is 3. The second-order valence-corrected chi connectivity index (χ2v) is 6.32. The van der Waals surface area contributed by atoms with E-state index >= 15 is 0 Å². The molecule has 118 valence electrons. The molecule has 3 heteroatoms. The van der Waals surface area contributed by atoms with Crippen molar-refractivity contribution in [1.82, 2.24) is 10.2 Å². The Morgan fingerprint density at radius 2 is 2.19 bits per heavy atom. The fourth-order valence-corrected chi connectivity index (χ4v) is 3.25. The topological polar surface area (TPSA) is 24.5 Å². The van der Waals surface area contributed by atoms with Gasteiger partial charge in [-0.2, -0.15) is 0 Å². The molecular formula is C18H30N2O. The number of aryl methyl sites for hydroxylation is 2. The second-order valence-electron chi connectivity index (χ2n) is 6.32. The average molecular weight is 290 g/mol. The van der Waals surface area contributed by atoms with Crippen LogP contribution in [0.1, 0.15) is 42.5 Å². The predicted octanol–water partition coefficient (Wildman–Crippen LogP) is 3.06. The molecule has 0 saturated carbocycles. The van der Waals surface area contributed by atoms with Gasteiger partial charge in [0.2, 0.25) is 0 Å². The highest BCUT2D eigenvalue weighted by Gasteiger charge is 2.23. The Hall–Kier alpha value is -0.900. The van der Waals surface area contributed by atoms with Crippen LogP contribution in [-0.2, 0) is 4.74 Å². The summed E-state index contributed by atoms with van der Waals surface area (Å²) in [5.74, 6) is 0. The molecular weight excluding hydrogens is 260 g/mol. The minimum atomic E-state index is 0.433. The molecule has 0 amide bonds. The SMILES string of the molecule is COCCN(CC1CCCN1)C(C)c1cc(C)ccc1C. The molecule has 2 atom stereocenters.